The molecule has 2 rings (SSSR count). The molecule has 0 spiro atoms. The van der Waals surface area contributed by atoms with Crippen molar-refractivity contribution in [3.05, 3.63) is 5.82 Å². The number of tetrazole rings is 1. The lowest BCUT2D eigenvalue weighted by Gasteiger charge is -2.39. The van der Waals surface area contributed by atoms with Crippen LogP contribution in [0.1, 0.15) is 38.9 Å². The third-order valence-corrected chi connectivity index (χ3v) is 3.97. The van der Waals surface area contributed by atoms with E-state index < -0.39 is 0 Å². The van der Waals surface area contributed by atoms with E-state index in [2.05, 4.69) is 46.6 Å². The minimum absolute atomic E-state index is 0.297. The number of nitrogens with one attached hydrogen (secondary N) is 1. The molecule has 6 heteroatoms. The molecule has 0 amide bonds. The first-order valence-electron chi connectivity index (χ1n) is 6.83. The maximum atomic E-state index is 4.13. The van der Waals surface area contributed by atoms with Crippen molar-refractivity contribution in [3.63, 3.8) is 0 Å². The normalized spacial score (nSPS) is 20.2. The summed E-state index contributed by atoms with van der Waals surface area (Å²) >= 11 is 0. The van der Waals surface area contributed by atoms with Crippen LogP contribution in [0.15, 0.2) is 0 Å². The number of hydrogen-bond acceptors (Lipinski definition) is 5. The fourth-order valence-electron chi connectivity index (χ4n) is 2.38. The Hall–Kier alpha value is -1.01. The number of nitrogens with zero attached hydrogens (tertiary/aromatic N) is 5. The third-order valence-electron chi connectivity index (χ3n) is 3.97. The molecule has 0 unspecified atom stereocenters. The van der Waals surface area contributed by atoms with E-state index in [9.17, 15) is 0 Å². The van der Waals surface area contributed by atoms with Crippen molar-refractivity contribution in [2.75, 3.05) is 20.1 Å². The molecule has 1 aromatic heterocycles. The monoisotopic (exact) mass is 252 g/mol. The van der Waals surface area contributed by atoms with Crippen molar-refractivity contribution in [1.82, 2.24) is 30.4 Å². The first kappa shape index (κ1) is 13.4. The summed E-state index contributed by atoms with van der Waals surface area (Å²) in [6.07, 6.45) is 3.42. The average Bonchev–Trinajstić information content (AvgIpc) is 2.81. The quantitative estimate of drug-likeness (QED) is 0.834. The van der Waals surface area contributed by atoms with E-state index in [1.165, 1.54) is 12.8 Å². The van der Waals surface area contributed by atoms with E-state index in [0.29, 0.717) is 5.54 Å². The number of piperidine rings is 1. The summed E-state index contributed by atoms with van der Waals surface area (Å²) in [6.45, 7) is 8.43. The third kappa shape index (κ3) is 3.05. The molecule has 6 nitrogen and oxygen atoms in total. The summed E-state index contributed by atoms with van der Waals surface area (Å²) in [7, 11) is 2.05. The van der Waals surface area contributed by atoms with Crippen molar-refractivity contribution in [2.24, 2.45) is 0 Å². The molecular formula is C12H24N6. The zero-order valence-corrected chi connectivity index (χ0v) is 11.7. The molecule has 1 saturated heterocycles. The maximum Gasteiger partial charge on any atom is 0.165 e. The standard InChI is InChI=1S/C12H24N6/c1-4-7-18-11(14-15-16-18)10-17-8-5-12(2,13-3)6-9-17/h13H,4-10H2,1-3H3. The van der Waals surface area contributed by atoms with Gasteiger partial charge in [0.1, 0.15) is 0 Å². The van der Waals surface area contributed by atoms with Crippen molar-refractivity contribution in [1.29, 1.82) is 0 Å². The summed E-state index contributed by atoms with van der Waals surface area (Å²) in [5.41, 5.74) is 0.297. The Kier molecular flexibility index (Phi) is 4.29. The number of likely N-dealkylation sites (tertiary alicyclic amines) is 1. The van der Waals surface area contributed by atoms with Gasteiger partial charge in [0.05, 0.1) is 6.54 Å². The average molecular weight is 252 g/mol. The summed E-state index contributed by atoms with van der Waals surface area (Å²) < 4.78 is 1.92. The predicted octanol–water partition coefficient (Wildman–Crippen LogP) is 0.657. The van der Waals surface area contributed by atoms with Crippen molar-refractivity contribution in [2.45, 2.75) is 51.7 Å². The van der Waals surface area contributed by atoms with E-state index in [1.807, 2.05) is 4.68 Å². The van der Waals surface area contributed by atoms with Gasteiger partial charge in [0.2, 0.25) is 0 Å². The first-order valence-corrected chi connectivity index (χ1v) is 6.83. The van der Waals surface area contributed by atoms with Crippen LogP contribution in [0.5, 0.6) is 0 Å². The van der Waals surface area contributed by atoms with Crippen LogP contribution in [0, 0.1) is 0 Å². The summed E-state index contributed by atoms with van der Waals surface area (Å²) in [6, 6.07) is 0. The van der Waals surface area contributed by atoms with Crippen LogP contribution < -0.4 is 5.32 Å². The lowest BCUT2D eigenvalue weighted by atomic mass is 9.90. The van der Waals surface area contributed by atoms with Gasteiger partial charge in [0.25, 0.3) is 0 Å². The van der Waals surface area contributed by atoms with Crippen LogP contribution in [0.25, 0.3) is 0 Å². The van der Waals surface area contributed by atoms with Crippen LogP contribution >= 0.6 is 0 Å². The summed E-state index contributed by atoms with van der Waals surface area (Å²) in [4.78, 5) is 2.44. The van der Waals surface area contributed by atoms with E-state index in [4.69, 9.17) is 0 Å². The molecule has 18 heavy (non-hydrogen) atoms. The molecule has 0 bridgehead atoms. The molecule has 0 atom stereocenters. The van der Waals surface area contributed by atoms with E-state index >= 15 is 0 Å². The molecule has 1 aliphatic heterocycles. The molecule has 1 aliphatic rings. The van der Waals surface area contributed by atoms with Gasteiger partial charge in [-0.1, -0.05) is 6.92 Å². The molecule has 2 heterocycles. The molecule has 1 N–H and O–H groups in total. The van der Waals surface area contributed by atoms with Gasteiger partial charge in [-0.2, -0.15) is 0 Å². The van der Waals surface area contributed by atoms with E-state index in [0.717, 1.165) is 38.4 Å². The topological polar surface area (TPSA) is 58.9 Å². The second-order valence-corrected chi connectivity index (χ2v) is 5.41. The summed E-state index contributed by atoms with van der Waals surface area (Å²) in [5, 5.41) is 15.4. The van der Waals surface area contributed by atoms with Gasteiger partial charge in [-0.25, -0.2) is 4.68 Å². The van der Waals surface area contributed by atoms with Crippen LogP contribution in [0.3, 0.4) is 0 Å². The van der Waals surface area contributed by atoms with E-state index in [-0.39, 0.29) is 0 Å². The lowest BCUT2D eigenvalue weighted by molar-refractivity contribution is 0.142. The van der Waals surface area contributed by atoms with Gasteiger partial charge in [-0.15, -0.1) is 5.10 Å². The molecule has 1 aromatic rings. The minimum Gasteiger partial charge on any atom is -0.314 e. The van der Waals surface area contributed by atoms with Crippen LogP contribution in [0.2, 0.25) is 0 Å². The Balaban J connectivity index is 1.89. The Morgan fingerprint density at radius 2 is 2.06 bits per heavy atom. The first-order chi connectivity index (χ1) is 8.67. The smallest absolute Gasteiger partial charge is 0.165 e. The highest BCUT2D eigenvalue weighted by molar-refractivity contribution is 4.90. The van der Waals surface area contributed by atoms with Gasteiger partial charge in [0.15, 0.2) is 5.82 Å². The van der Waals surface area contributed by atoms with Crippen molar-refractivity contribution >= 4 is 0 Å². The highest BCUT2D eigenvalue weighted by Crippen LogP contribution is 2.21. The van der Waals surface area contributed by atoms with Crippen molar-refractivity contribution in [3.8, 4) is 0 Å². The SMILES string of the molecule is CCCn1nnnc1CN1CCC(C)(NC)CC1. The molecule has 1 fully saturated rings. The molecule has 0 radical (unpaired) electrons. The molecular weight excluding hydrogens is 228 g/mol. The van der Waals surface area contributed by atoms with Gasteiger partial charge >= 0.3 is 0 Å². The van der Waals surface area contributed by atoms with Crippen molar-refractivity contribution < 1.29 is 0 Å². The fourth-order valence-corrected chi connectivity index (χ4v) is 2.38. The second-order valence-electron chi connectivity index (χ2n) is 5.41. The van der Waals surface area contributed by atoms with Crippen LogP contribution in [-0.4, -0.2) is 50.8 Å². The molecule has 0 aliphatic carbocycles. The van der Waals surface area contributed by atoms with E-state index in [1.54, 1.807) is 0 Å². The maximum absolute atomic E-state index is 4.13. The van der Waals surface area contributed by atoms with Gasteiger partial charge in [0, 0.05) is 25.2 Å². The predicted molar refractivity (Wildman–Crippen MR) is 70.1 cm³/mol. The Bertz CT molecular complexity index is 366. The highest BCUT2D eigenvalue weighted by Gasteiger charge is 2.28. The largest absolute Gasteiger partial charge is 0.314 e. The van der Waals surface area contributed by atoms with Crippen LogP contribution in [-0.2, 0) is 13.1 Å². The second kappa shape index (κ2) is 5.75. The highest BCUT2D eigenvalue weighted by atomic mass is 15.5. The van der Waals surface area contributed by atoms with Gasteiger partial charge in [-0.05, 0) is 43.7 Å². The molecule has 0 aromatic carbocycles. The number of rotatable bonds is 5. The number of aryl methyl sites for hydroxylation is 1. The Labute approximate surface area is 109 Å². The summed E-state index contributed by atoms with van der Waals surface area (Å²) in [5.74, 6) is 0.991. The number of hydrogen-bond donors (Lipinski definition) is 1. The number of aromatic nitrogens is 4. The van der Waals surface area contributed by atoms with Crippen LogP contribution in [0.4, 0.5) is 0 Å². The zero-order chi connectivity index (χ0) is 13.0. The van der Waals surface area contributed by atoms with Gasteiger partial charge in [-0.3, -0.25) is 4.90 Å². The van der Waals surface area contributed by atoms with Gasteiger partial charge < -0.3 is 5.32 Å². The minimum atomic E-state index is 0.297. The molecule has 102 valence electrons. The zero-order valence-electron chi connectivity index (χ0n) is 11.7. The molecule has 0 saturated carbocycles. The Morgan fingerprint density at radius 3 is 2.67 bits per heavy atom. The fraction of sp³-hybridized carbons (Fsp3) is 0.917. The lowest BCUT2D eigenvalue weighted by Crippen LogP contribution is -2.49. The Morgan fingerprint density at radius 1 is 1.33 bits per heavy atom.